The van der Waals surface area contributed by atoms with Crippen molar-refractivity contribution in [1.29, 1.82) is 0 Å². The Morgan fingerprint density at radius 3 is 2.55 bits per heavy atom. The smallest absolute Gasteiger partial charge is 0.105 e. The number of quaternary nitrogens is 1. The van der Waals surface area contributed by atoms with Crippen LogP contribution in [0.15, 0.2) is 36.5 Å². The Hall–Kier alpha value is -0.0900. The van der Waals surface area contributed by atoms with Crippen molar-refractivity contribution in [2.24, 2.45) is 11.3 Å². The third kappa shape index (κ3) is 5.03. The summed E-state index contributed by atoms with van der Waals surface area (Å²) < 4.78 is 0.968. The standard InChI is InChI=1S/C18H32N.HI/c1-8-14-19(6,7)16(3)11-12-17-15(2)10-9-13-18(17,4)5;/h8,10-12,16-17H,1,9,13-14H2,2-7H3;1H/q+1;/p-1/b12-11+;. The van der Waals surface area contributed by atoms with Gasteiger partial charge in [-0.25, -0.2) is 0 Å². The van der Waals surface area contributed by atoms with Crippen LogP contribution in [-0.2, 0) is 0 Å². The van der Waals surface area contributed by atoms with Crippen LogP contribution in [-0.4, -0.2) is 31.2 Å². The van der Waals surface area contributed by atoms with Crippen LogP contribution in [0.5, 0.6) is 0 Å². The molecule has 1 aliphatic carbocycles. The maximum atomic E-state index is 3.86. The number of hydrogen-bond acceptors (Lipinski definition) is 0. The van der Waals surface area contributed by atoms with E-state index in [1.165, 1.54) is 18.4 Å². The number of allylic oxidation sites excluding steroid dienone is 3. The molecule has 0 fully saturated rings. The lowest BCUT2D eigenvalue weighted by atomic mass is 9.68. The first-order valence-electron chi connectivity index (χ1n) is 7.49. The molecule has 0 N–H and O–H groups in total. The lowest BCUT2D eigenvalue weighted by Crippen LogP contribution is -3.00. The summed E-state index contributed by atoms with van der Waals surface area (Å²) in [6.45, 7) is 14.2. The maximum absolute atomic E-state index is 3.86. The Labute approximate surface area is 143 Å². The van der Waals surface area contributed by atoms with E-state index in [-0.39, 0.29) is 24.0 Å². The number of likely N-dealkylation sites (N-methyl/N-ethyl adjacent to an activating group) is 1. The summed E-state index contributed by atoms with van der Waals surface area (Å²) in [5.41, 5.74) is 1.93. The molecule has 0 amide bonds. The van der Waals surface area contributed by atoms with Crippen LogP contribution in [0.3, 0.4) is 0 Å². The van der Waals surface area contributed by atoms with Crippen LogP contribution in [0, 0.1) is 11.3 Å². The Morgan fingerprint density at radius 1 is 1.45 bits per heavy atom. The molecule has 0 saturated carbocycles. The van der Waals surface area contributed by atoms with Crippen molar-refractivity contribution >= 4 is 0 Å². The van der Waals surface area contributed by atoms with Gasteiger partial charge in [-0.15, -0.1) is 0 Å². The molecule has 0 aromatic rings. The predicted molar refractivity (Wildman–Crippen MR) is 86.0 cm³/mol. The zero-order chi connectivity index (χ0) is 14.7. The zero-order valence-corrected chi connectivity index (χ0v) is 16.3. The molecule has 1 aliphatic rings. The molecule has 0 aromatic heterocycles. The van der Waals surface area contributed by atoms with Gasteiger partial charge < -0.3 is 28.5 Å². The summed E-state index contributed by atoms with van der Waals surface area (Å²) in [6, 6.07) is 0.517. The molecule has 2 heteroatoms. The second-order valence-electron chi connectivity index (χ2n) is 7.33. The number of nitrogens with zero attached hydrogens (tertiary/aromatic N) is 1. The highest BCUT2D eigenvalue weighted by molar-refractivity contribution is 5.19. The molecule has 0 bridgehead atoms. The van der Waals surface area contributed by atoms with Crippen molar-refractivity contribution in [2.75, 3.05) is 20.6 Å². The Kier molecular flexibility index (Phi) is 7.75. The zero-order valence-electron chi connectivity index (χ0n) is 14.1. The van der Waals surface area contributed by atoms with Crippen LogP contribution >= 0.6 is 0 Å². The van der Waals surface area contributed by atoms with Crippen LogP contribution in [0.1, 0.15) is 40.5 Å². The molecule has 1 rings (SSSR count). The van der Waals surface area contributed by atoms with Gasteiger partial charge in [-0.05, 0) is 44.3 Å². The van der Waals surface area contributed by atoms with Crippen molar-refractivity contribution in [3.8, 4) is 0 Å². The molecule has 0 saturated heterocycles. The summed E-state index contributed by atoms with van der Waals surface area (Å²) in [7, 11) is 4.54. The van der Waals surface area contributed by atoms with E-state index in [0.29, 0.717) is 17.4 Å². The highest BCUT2D eigenvalue weighted by Gasteiger charge is 2.31. The molecular formula is C18H32IN. The van der Waals surface area contributed by atoms with Crippen LogP contribution < -0.4 is 24.0 Å². The fourth-order valence-corrected chi connectivity index (χ4v) is 2.99. The summed E-state index contributed by atoms with van der Waals surface area (Å²) in [6.07, 6.45) is 11.8. The van der Waals surface area contributed by atoms with Crippen LogP contribution in [0.2, 0.25) is 0 Å². The minimum Gasteiger partial charge on any atom is -1.00 e. The van der Waals surface area contributed by atoms with Gasteiger partial charge in [0, 0.05) is 5.92 Å². The van der Waals surface area contributed by atoms with Gasteiger partial charge >= 0.3 is 0 Å². The summed E-state index contributed by atoms with van der Waals surface area (Å²) in [5.74, 6) is 0.590. The van der Waals surface area contributed by atoms with Gasteiger partial charge in [-0.3, -0.25) is 0 Å². The van der Waals surface area contributed by atoms with Gasteiger partial charge in [0.2, 0.25) is 0 Å². The lowest BCUT2D eigenvalue weighted by Gasteiger charge is -2.38. The highest BCUT2D eigenvalue weighted by atomic mass is 127. The molecule has 0 radical (unpaired) electrons. The predicted octanol–water partition coefficient (Wildman–Crippen LogP) is 1.58. The van der Waals surface area contributed by atoms with E-state index in [4.69, 9.17) is 0 Å². The minimum atomic E-state index is 0. The van der Waals surface area contributed by atoms with Crippen molar-refractivity contribution < 1.29 is 28.5 Å². The molecule has 2 atom stereocenters. The minimum absolute atomic E-state index is 0. The third-order valence-electron chi connectivity index (χ3n) is 4.87. The first-order chi connectivity index (χ1) is 8.70. The topological polar surface area (TPSA) is 0 Å². The van der Waals surface area contributed by atoms with Gasteiger partial charge in [-0.1, -0.05) is 38.2 Å². The van der Waals surface area contributed by atoms with Gasteiger partial charge in [0.15, 0.2) is 0 Å². The Bertz CT molecular complexity index is 377. The largest absolute Gasteiger partial charge is 1.00 e. The summed E-state index contributed by atoms with van der Waals surface area (Å²) in [4.78, 5) is 0. The fraction of sp³-hybridized carbons (Fsp3) is 0.667. The molecule has 0 heterocycles. The van der Waals surface area contributed by atoms with E-state index in [1.807, 2.05) is 6.08 Å². The first-order valence-corrected chi connectivity index (χ1v) is 7.49. The second-order valence-corrected chi connectivity index (χ2v) is 7.33. The van der Waals surface area contributed by atoms with Crippen LogP contribution in [0.4, 0.5) is 0 Å². The first kappa shape index (κ1) is 19.9. The van der Waals surface area contributed by atoms with E-state index in [9.17, 15) is 0 Å². The highest BCUT2D eigenvalue weighted by Crippen LogP contribution is 2.41. The van der Waals surface area contributed by atoms with Crippen molar-refractivity contribution in [2.45, 2.75) is 46.6 Å². The van der Waals surface area contributed by atoms with Crippen molar-refractivity contribution in [3.63, 3.8) is 0 Å². The lowest BCUT2D eigenvalue weighted by molar-refractivity contribution is -0.900. The average molecular weight is 389 g/mol. The molecule has 0 spiro atoms. The molecule has 20 heavy (non-hydrogen) atoms. The summed E-state index contributed by atoms with van der Waals surface area (Å²) in [5, 5.41) is 0. The van der Waals surface area contributed by atoms with E-state index in [0.717, 1.165) is 11.0 Å². The molecule has 2 unspecified atom stereocenters. The monoisotopic (exact) mass is 389 g/mol. The van der Waals surface area contributed by atoms with E-state index in [1.54, 1.807) is 0 Å². The Balaban J connectivity index is 0.00000361. The fourth-order valence-electron chi connectivity index (χ4n) is 2.99. The second kappa shape index (κ2) is 7.79. The quantitative estimate of drug-likeness (QED) is 0.381. The van der Waals surface area contributed by atoms with Crippen LogP contribution in [0.25, 0.3) is 0 Å². The number of halogens is 1. The van der Waals surface area contributed by atoms with E-state index < -0.39 is 0 Å². The summed E-state index contributed by atoms with van der Waals surface area (Å²) >= 11 is 0. The normalized spacial score (nSPS) is 23.9. The number of rotatable bonds is 5. The van der Waals surface area contributed by atoms with E-state index >= 15 is 0 Å². The van der Waals surface area contributed by atoms with Gasteiger partial charge in [-0.2, -0.15) is 0 Å². The van der Waals surface area contributed by atoms with Gasteiger partial charge in [0.05, 0.1) is 20.6 Å². The molecule has 0 aliphatic heterocycles. The third-order valence-corrected chi connectivity index (χ3v) is 4.87. The van der Waals surface area contributed by atoms with Crippen molar-refractivity contribution in [3.05, 3.63) is 36.5 Å². The maximum Gasteiger partial charge on any atom is 0.105 e. The Morgan fingerprint density at radius 2 is 2.05 bits per heavy atom. The molecule has 116 valence electrons. The van der Waals surface area contributed by atoms with Gasteiger partial charge in [0.25, 0.3) is 0 Å². The SMILES string of the molecule is C=CC[N+](C)(C)C(C)/C=C/C1C(C)=CCCC1(C)C.[I-]. The van der Waals surface area contributed by atoms with Gasteiger partial charge in [0.1, 0.15) is 6.04 Å². The van der Waals surface area contributed by atoms with E-state index in [2.05, 4.69) is 66.6 Å². The molecule has 1 nitrogen and oxygen atoms in total. The number of hydrogen-bond donors (Lipinski definition) is 0. The molecular weight excluding hydrogens is 357 g/mol. The molecule has 0 aromatic carbocycles. The van der Waals surface area contributed by atoms with Crippen molar-refractivity contribution in [1.82, 2.24) is 0 Å². The average Bonchev–Trinajstić information content (AvgIpc) is 2.27.